The van der Waals surface area contributed by atoms with Gasteiger partial charge in [0.1, 0.15) is 19.6 Å². The molecule has 0 saturated heterocycles. The van der Waals surface area contributed by atoms with Gasteiger partial charge in [0.25, 0.3) is 0 Å². The van der Waals surface area contributed by atoms with Crippen molar-refractivity contribution in [2.24, 2.45) is 0 Å². The zero-order valence-electron chi connectivity index (χ0n) is 25.4. The van der Waals surface area contributed by atoms with E-state index in [9.17, 15) is 0 Å². The predicted molar refractivity (Wildman–Crippen MR) is 153 cm³/mol. The Kier molecular flexibility index (Phi) is 32.2. The van der Waals surface area contributed by atoms with E-state index in [1.807, 2.05) is 0 Å². The van der Waals surface area contributed by atoms with Crippen LogP contribution in [0.2, 0.25) is 0 Å². The van der Waals surface area contributed by atoms with Gasteiger partial charge >= 0.3 is 0 Å². The number of hydrogen-bond donors (Lipinski definition) is 0. The Bertz CT molecular complexity index is 828. The fourth-order valence-electron chi connectivity index (χ4n) is 4.14. The molecule has 0 aliphatic heterocycles. The monoisotopic (exact) mass is 873 g/mol. The molecule has 3 heterocycles. The summed E-state index contributed by atoms with van der Waals surface area (Å²) in [5.41, 5.74) is 4.31. The summed E-state index contributed by atoms with van der Waals surface area (Å²) in [6, 6.07) is 19.3. The van der Waals surface area contributed by atoms with E-state index in [-0.39, 0.29) is 71.9 Å². The molecular formula is C33H54I3N3. The SMILES string of the molecule is CCCC[n+]1ccccc1CC.CCCC[n+]1ccccc1CC.CCCC[n+]1ccccc1CC.[I-].[I-].[I-]. The van der Waals surface area contributed by atoms with Crippen molar-refractivity contribution in [1.29, 1.82) is 0 Å². The molecule has 0 N–H and O–H groups in total. The standard InChI is InChI=1S/3C11H18N.3HI/c3*1-3-5-9-12-10-7-6-8-11(12)4-2;;;/h3*6-8,10H,3-5,9H2,1-2H3;3*1H/q3*+1;;;/p-3. The van der Waals surface area contributed by atoms with Gasteiger partial charge in [0.2, 0.25) is 0 Å². The summed E-state index contributed by atoms with van der Waals surface area (Å²) >= 11 is 0. The first-order chi connectivity index (χ1) is 17.6. The Morgan fingerprint density at radius 3 is 0.872 bits per heavy atom. The van der Waals surface area contributed by atoms with Gasteiger partial charge in [0.15, 0.2) is 35.7 Å². The quantitative estimate of drug-likeness (QED) is 0.148. The first-order valence-corrected chi connectivity index (χ1v) is 14.6. The maximum absolute atomic E-state index is 2.35. The molecule has 222 valence electrons. The number of aromatic nitrogens is 3. The highest BCUT2D eigenvalue weighted by Gasteiger charge is 2.06. The average molecular weight is 874 g/mol. The number of aryl methyl sites for hydroxylation is 6. The molecular weight excluding hydrogens is 819 g/mol. The Labute approximate surface area is 292 Å². The van der Waals surface area contributed by atoms with E-state index in [2.05, 4.69) is 128 Å². The van der Waals surface area contributed by atoms with Crippen LogP contribution in [0.1, 0.15) is 97.1 Å². The van der Waals surface area contributed by atoms with Gasteiger partial charge in [-0.25, -0.2) is 13.7 Å². The molecule has 39 heavy (non-hydrogen) atoms. The molecule has 0 saturated carbocycles. The zero-order valence-corrected chi connectivity index (χ0v) is 31.9. The number of unbranched alkanes of at least 4 members (excludes halogenated alkanes) is 3. The predicted octanol–water partition coefficient (Wildman–Crippen LogP) is -1.98. The number of rotatable bonds is 12. The lowest BCUT2D eigenvalue weighted by molar-refractivity contribution is -0.704. The summed E-state index contributed by atoms with van der Waals surface area (Å²) in [6.07, 6.45) is 17.6. The van der Waals surface area contributed by atoms with E-state index in [4.69, 9.17) is 0 Å². The van der Waals surface area contributed by atoms with Gasteiger partial charge in [-0.2, -0.15) is 0 Å². The lowest BCUT2D eigenvalue weighted by atomic mass is 10.2. The molecule has 0 bridgehead atoms. The largest absolute Gasteiger partial charge is 1.00 e. The summed E-state index contributed by atoms with van der Waals surface area (Å²) in [5.74, 6) is 0. The number of pyridine rings is 3. The third-order valence-electron chi connectivity index (χ3n) is 6.45. The van der Waals surface area contributed by atoms with E-state index in [1.54, 1.807) is 0 Å². The Hall–Kier alpha value is -0.360. The lowest BCUT2D eigenvalue weighted by Gasteiger charge is -1.99. The molecule has 6 heteroatoms. The van der Waals surface area contributed by atoms with Gasteiger partial charge in [-0.3, -0.25) is 0 Å². The Morgan fingerprint density at radius 1 is 0.410 bits per heavy atom. The Balaban J connectivity index is -0.000000480. The fourth-order valence-corrected chi connectivity index (χ4v) is 4.14. The average Bonchev–Trinajstić information content (AvgIpc) is 2.94. The normalized spacial score (nSPS) is 9.38. The minimum Gasteiger partial charge on any atom is -1.00 e. The van der Waals surface area contributed by atoms with Crippen LogP contribution < -0.4 is 85.6 Å². The first kappa shape index (κ1) is 43.1. The highest BCUT2D eigenvalue weighted by Crippen LogP contribution is 1.96. The molecule has 0 aliphatic carbocycles. The highest BCUT2D eigenvalue weighted by atomic mass is 127. The minimum atomic E-state index is 0. The lowest BCUT2D eigenvalue weighted by Crippen LogP contribution is -3.00. The zero-order chi connectivity index (χ0) is 26.4. The van der Waals surface area contributed by atoms with Gasteiger partial charge in [-0.15, -0.1) is 0 Å². The third kappa shape index (κ3) is 18.6. The van der Waals surface area contributed by atoms with Crippen LogP contribution in [-0.4, -0.2) is 0 Å². The first-order valence-electron chi connectivity index (χ1n) is 14.6. The fraction of sp³-hybridized carbons (Fsp3) is 0.545. The van der Waals surface area contributed by atoms with E-state index in [0.29, 0.717) is 0 Å². The maximum atomic E-state index is 2.35. The second-order valence-electron chi connectivity index (χ2n) is 9.28. The molecule has 0 aromatic carbocycles. The molecule has 3 nitrogen and oxygen atoms in total. The smallest absolute Gasteiger partial charge is 0.181 e. The van der Waals surface area contributed by atoms with Crippen LogP contribution in [0.4, 0.5) is 0 Å². The van der Waals surface area contributed by atoms with Crippen molar-refractivity contribution in [2.45, 2.75) is 119 Å². The molecule has 0 amide bonds. The summed E-state index contributed by atoms with van der Waals surface area (Å²) in [7, 11) is 0. The van der Waals surface area contributed by atoms with Crippen LogP contribution in [0.3, 0.4) is 0 Å². The van der Waals surface area contributed by atoms with E-state index in [1.165, 1.54) is 75.2 Å². The Morgan fingerprint density at radius 2 is 0.667 bits per heavy atom. The van der Waals surface area contributed by atoms with Gasteiger partial charge in [0, 0.05) is 74.9 Å². The number of halogens is 3. The van der Waals surface area contributed by atoms with Crippen LogP contribution in [0.15, 0.2) is 73.2 Å². The topological polar surface area (TPSA) is 11.6 Å². The molecule has 0 unspecified atom stereocenters. The summed E-state index contributed by atoms with van der Waals surface area (Å²) in [6.45, 7) is 16.8. The van der Waals surface area contributed by atoms with Gasteiger partial charge < -0.3 is 71.9 Å². The van der Waals surface area contributed by atoms with Crippen LogP contribution >= 0.6 is 0 Å². The second-order valence-corrected chi connectivity index (χ2v) is 9.28. The highest BCUT2D eigenvalue weighted by molar-refractivity contribution is 4.97. The minimum absolute atomic E-state index is 0. The number of hydrogen-bond acceptors (Lipinski definition) is 0. The van der Waals surface area contributed by atoms with Crippen molar-refractivity contribution < 1.29 is 85.6 Å². The van der Waals surface area contributed by atoms with Crippen molar-refractivity contribution >= 4 is 0 Å². The van der Waals surface area contributed by atoms with Crippen molar-refractivity contribution in [3.63, 3.8) is 0 Å². The van der Waals surface area contributed by atoms with Crippen LogP contribution in [0, 0.1) is 0 Å². The van der Waals surface area contributed by atoms with Crippen LogP contribution in [0.25, 0.3) is 0 Å². The van der Waals surface area contributed by atoms with Gasteiger partial charge in [0.05, 0.1) is 0 Å². The third-order valence-corrected chi connectivity index (χ3v) is 6.45. The molecule has 3 aromatic heterocycles. The summed E-state index contributed by atoms with van der Waals surface area (Å²) in [4.78, 5) is 0. The van der Waals surface area contributed by atoms with E-state index < -0.39 is 0 Å². The van der Waals surface area contributed by atoms with E-state index in [0.717, 1.165) is 19.3 Å². The van der Waals surface area contributed by atoms with Gasteiger partial charge in [-0.05, 0) is 0 Å². The second kappa shape index (κ2) is 29.1. The van der Waals surface area contributed by atoms with Crippen molar-refractivity contribution in [2.75, 3.05) is 0 Å². The molecule has 0 atom stereocenters. The maximum Gasteiger partial charge on any atom is 0.181 e. The van der Waals surface area contributed by atoms with Crippen LogP contribution in [-0.2, 0) is 38.9 Å². The van der Waals surface area contributed by atoms with Gasteiger partial charge in [-0.1, -0.05) is 79.0 Å². The summed E-state index contributed by atoms with van der Waals surface area (Å²) in [5, 5.41) is 0. The molecule has 0 radical (unpaired) electrons. The molecule has 3 aromatic rings. The number of nitrogens with zero attached hydrogens (tertiary/aromatic N) is 3. The van der Waals surface area contributed by atoms with Crippen molar-refractivity contribution in [3.8, 4) is 0 Å². The van der Waals surface area contributed by atoms with E-state index >= 15 is 0 Å². The van der Waals surface area contributed by atoms with Crippen LogP contribution in [0.5, 0.6) is 0 Å². The summed E-state index contributed by atoms with van der Waals surface area (Å²) < 4.78 is 7.05. The molecule has 3 rings (SSSR count). The van der Waals surface area contributed by atoms with Crippen molar-refractivity contribution in [3.05, 3.63) is 90.3 Å². The molecule has 0 fully saturated rings. The molecule has 0 spiro atoms. The molecule has 0 aliphatic rings. The van der Waals surface area contributed by atoms with Crippen molar-refractivity contribution in [1.82, 2.24) is 0 Å².